The standard InChI is InChI=1S/C20H21NO6/c1-4-26-19(23)14-6-8-15(9-7-14)21-18(22)12-27-20(24)16-11-13(2)5-10-17(16)25-3/h5-11H,4,12H2,1-3H3,(H,21,22). The molecular formula is C20H21NO6. The van der Waals surface area contributed by atoms with Gasteiger partial charge in [-0.15, -0.1) is 0 Å². The third-order valence-electron chi connectivity index (χ3n) is 3.59. The fraction of sp³-hybridized carbons (Fsp3) is 0.250. The monoisotopic (exact) mass is 371 g/mol. The summed E-state index contributed by atoms with van der Waals surface area (Å²) in [4.78, 5) is 35.8. The lowest BCUT2D eigenvalue weighted by Gasteiger charge is -2.10. The molecule has 0 saturated carbocycles. The predicted molar refractivity (Wildman–Crippen MR) is 99.0 cm³/mol. The largest absolute Gasteiger partial charge is 0.496 e. The van der Waals surface area contributed by atoms with Crippen LogP contribution < -0.4 is 10.1 Å². The highest BCUT2D eigenvalue weighted by atomic mass is 16.5. The molecule has 1 amide bonds. The van der Waals surface area contributed by atoms with Crippen molar-refractivity contribution in [3.8, 4) is 5.75 Å². The van der Waals surface area contributed by atoms with E-state index >= 15 is 0 Å². The molecule has 7 nitrogen and oxygen atoms in total. The number of carbonyl (C=O) groups is 3. The highest BCUT2D eigenvalue weighted by Gasteiger charge is 2.16. The van der Waals surface area contributed by atoms with Crippen LogP contribution >= 0.6 is 0 Å². The number of amides is 1. The van der Waals surface area contributed by atoms with E-state index in [4.69, 9.17) is 14.2 Å². The van der Waals surface area contributed by atoms with Crippen molar-refractivity contribution in [1.29, 1.82) is 0 Å². The normalized spacial score (nSPS) is 10.0. The van der Waals surface area contributed by atoms with Gasteiger partial charge in [-0.05, 0) is 50.2 Å². The van der Waals surface area contributed by atoms with E-state index < -0.39 is 24.5 Å². The van der Waals surface area contributed by atoms with Crippen LogP contribution in [0.4, 0.5) is 5.69 Å². The number of esters is 2. The quantitative estimate of drug-likeness (QED) is 0.753. The van der Waals surface area contributed by atoms with Gasteiger partial charge in [0.05, 0.1) is 19.3 Å². The fourth-order valence-electron chi connectivity index (χ4n) is 2.29. The van der Waals surface area contributed by atoms with E-state index in [2.05, 4.69) is 5.32 Å². The van der Waals surface area contributed by atoms with E-state index in [-0.39, 0.29) is 12.2 Å². The Bertz CT molecular complexity index is 829. The van der Waals surface area contributed by atoms with E-state index in [1.54, 1.807) is 31.2 Å². The average Bonchev–Trinajstić information content (AvgIpc) is 2.66. The number of ether oxygens (including phenoxy) is 3. The molecule has 1 N–H and O–H groups in total. The Balaban J connectivity index is 1.92. The van der Waals surface area contributed by atoms with E-state index in [0.717, 1.165) is 5.56 Å². The summed E-state index contributed by atoms with van der Waals surface area (Å²) in [6.45, 7) is 3.40. The molecule has 0 spiro atoms. The number of aryl methyl sites for hydroxylation is 1. The van der Waals surface area contributed by atoms with Gasteiger partial charge in [0.15, 0.2) is 6.61 Å². The molecule has 0 fully saturated rings. The van der Waals surface area contributed by atoms with Crippen molar-refractivity contribution in [2.75, 3.05) is 25.6 Å². The number of rotatable bonds is 7. The number of nitrogens with one attached hydrogen (secondary N) is 1. The van der Waals surface area contributed by atoms with E-state index in [0.29, 0.717) is 17.0 Å². The molecule has 0 heterocycles. The molecule has 0 bridgehead atoms. The maximum Gasteiger partial charge on any atom is 0.342 e. The number of methoxy groups -OCH3 is 1. The highest BCUT2D eigenvalue weighted by Crippen LogP contribution is 2.20. The minimum Gasteiger partial charge on any atom is -0.496 e. The SMILES string of the molecule is CCOC(=O)c1ccc(NC(=O)COC(=O)c2cc(C)ccc2OC)cc1. The fourth-order valence-corrected chi connectivity index (χ4v) is 2.29. The molecule has 0 aliphatic rings. The van der Waals surface area contributed by atoms with Crippen molar-refractivity contribution in [3.63, 3.8) is 0 Å². The molecule has 2 aromatic rings. The van der Waals surface area contributed by atoms with Crippen LogP contribution in [0.3, 0.4) is 0 Å². The van der Waals surface area contributed by atoms with Crippen LogP contribution in [0.2, 0.25) is 0 Å². The van der Waals surface area contributed by atoms with Gasteiger partial charge in [0.1, 0.15) is 11.3 Å². The molecule has 142 valence electrons. The van der Waals surface area contributed by atoms with Crippen molar-refractivity contribution in [2.45, 2.75) is 13.8 Å². The third-order valence-corrected chi connectivity index (χ3v) is 3.59. The Morgan fingerprint density at radius 2 is 1.67 bits per heavy atom. The second-order valence-corrected chi connectivity index (χ2v) is 5.63. The van der Waals surface area contributed by atoms with Gasteiger partial charge < -0.3 is 19.5 Å². The lowest BCUT2D eigenvalue weighted by molar-refractivity contribution is -0.119. The first-order valence-electron chi connectivity index (χ1n) is 8.33. The third kappa shape index (κ3) is 5.57. The zero-order valence-electron chi connectivity index (χ0n) is 15.4. The Labute approximate surface area is 157 Å². The van der Waals surface area contributed by atoms with Crippen molar-refractivity contribution < 1.29 is 28.6 Å². The van der Waals surface area contributed by atoms with Crippen molar-refractivity contribution in [3.05, 3.63) is 59.2 Å². The molecule has 2 rings (SSSR count). The summed E-state index contributed by atoms with van der Waals surface area (Å²) in [7, 11) is 1.45. The van der Waals surface area contributed by atoms with Gasteiger partial charge >= 0.3 is 11.9 Å². The molecule has 0 aliphatic carbocycles. The van der Waals surface area contributed by atoms with Crippen LogP contribution in [0.5, 0.6) is 5.75 Å². The zero-order valence-corrected chi connectivity index (χ0v) is 15.4. The molecule has 7 heteroatoms. The van der Waals surface area contributed by atoms with Crippen LogP contribution in [0.25, 0.3) is 0 Å². The van der Waals surface area contributed by atoms with Gasteiger partial charge in [-0.1, -0.05) is 11.6 Å². The summed E-state index contributed by atoms with van der Waals surface area (Å²) in [6, 6.07) is 11.3. The molecule has 27 heavy (non-hydrogen) atoms. The average molecular weight is 371 g/mol. The van der Waals surface area contributed by atoms with Gasteiger partial charge in [0.2, 0.25) is 0 Å². The highest BCUT2D eigenvalue weighted by molar-refractivity contribution is 5.97. The summed E-state index contributed by atoms with van der Waals surface area (Å²) < 4.78 is 15.1. The van der Waals surface area contributed by atoms with E-state index in [1.807, 2.05) is 13.0 Å². The topological polar surface area (TPSA) is 90.9 Å². The first-order chi connectivity index (χ1) is 12.9. The zero-order chi connectivity index (χ0) is 19.8. The van der Waals surface area contributed by atoms with Crippen molar-refractivity contribution in [1.82, 2.24) is 0 Å². The van der Waals surface area contributed by atoms with Crippen molar-refractivity contribution >= 4 is 23.5 Å². The lowest BCUT2D eigenvalue weighted by Crippen LogP contribution is -2.21. The number of benzene rings is 2. The van der Waals surface area contributed by atoms with Crippen LogP contribution in [0, 0.1) is 6.92 Å². The Hall–Kier alpha value is -3.35. The predicted octanol–water partition coefficient (Wildman–Crippen LogP) is 2.98. The van der Waals surface area contributed by atoms with Crippen LogP contribution in [-0.4, -0.2) is 38.2 Å². The molecule has 0 aromatic heterocycles. The smallest absolute Gasteiger partial charge is 0.342 e. The minimum absolute atomic E-state index is 0.254. The molecule has 0 radical (unpaired) electrons. The maximum absolute atomic E-state index is 12.2. The Kier molecular flexibility index (Phi) is 6.93. The number of hydrogen-bond donors (Lipinski definition) is 1. The number of hydrogen-bond acceptors (Lipinski definition) is 6. The maximum atomic E-state index is 12.2. The van der Waals surface area contributed by atoms with Gasteiger partial charge in [0, 0.05) is 5.69 Å². The summed E-state index contributed by atoms with van der Waals surface area (Å²) in [5, 5.41) is 2.59. The van der Waals surface area contributed by atoms with Gasteiger partial charge in [-0.3, -0.25) is 4.79 Å². The lowest BCUT2D eigenvalue weighted by atomic mass is 10.1. The van der Waals surface area contributed by atoms with Crippen LogP contribution in [-0.2, 0) is 14.3 Å². The molecule has 0 saturated heterocycles. The molecule has 0 atom stereocenters. The molecular weight excluding hydrogens is 350 g/mol. The second kappa shape index (κ2) is 9.38. The summed E-state index contributed by atoms with van der Waals surface area (Å²) in [6.07, 6.45) is 0. The number of anilines is 1. The van der Waals surface area contributed by atoms with E-state index in [9.17, 15) is 14.4 Å². The van der Waals surface area contributed by atoms with E-state index in [1.165, 1.54) is 19.2 Å². The molecule has 0 unspecified atom stereocenters. The van der Waals surface area contributed by atoms with Gasteiger partial charge in [-0.2, -0.15) is 0 Å². The van der Waals surface area contributed by atoms with Crippen molar-refractivity contribution in [2.24, 2.45) is 0 Å². The number of carbonyl (C=O) groups excluding carboxylic acids is 3. The second-order valence-electron chi connectivity index (χ2n) is 5.63. The summed E-state index contributed by atoms with van der Waals surface area (Å²) in [5.41, 5.74) is 1.98. The minimum atomic E-state index is -0.650. The van der Waals surface area contributed by atoms with Gasteiger partial charge in [-0.25, -0.2) is 9.59 Å². The first kappa shape index (κ1) is 20.0. The summed E-state index contributed by atoms with van der Waals surface area (Å²) in [5.74, 6) is -1.21. The molecule has 2 aromatic carbocycles. The van der Waals surface area contributed by atoms with Crippen LogP contribution in [0.15, 0.2) is 42.5 Å². The summed E-state index contributed by atoms with van der Waals surface area (Å²) >= 11 is 0. The Morgan fingerprint density at radius 3 is 2.30 bits per heavy atom. The van der Waals surface area contributed by atoms with Gasteiger partial charge in [0.25, 0.3) is 5.91 Å². The first-order valence-corrected chi connectivity index (χ1v) is 8.33. The van der Waals surface area contributed by atoms with Crippen LogP contribution in [0.1, 0.15) is 33.2 Å². The molecule has 0 aliphatic heterocycles. The Morgan fingerprint density at radius 1 is 0.963 bits per heavy atom.